The summed E-state index contributed by atoms with van der Waals surface area (Å²) >= 11 is 0. The topological polar surface area (TPSA) is 137 Å². The lowest BCUT2D eigenvalue weighted by Gasteiger charge is -2.37. The third kappa shape index (κ3) is 5.68. The van der Waals surface area contributed by atoms with Gasteiger partial charge >= 0.3 is 6.18 Å². The number of nitrogens with two attached hydrogens (primary N) is 1. The lowest BCUT2D eigenvalue weighted by Crippen LogP contribution is -2.49. The van der Waals surface area contributed by atoms with E-state index >= 15 is 0 Å². The molecule has 1 aromatic carbocycles. The van der Waals surface area contributed by atoms with E-state index in [4.69, 9.17) is 20.2 Å². The third-order valence-corrected chi connectivity index (χ3v) is 7.93. The summed E-state index contributed by atoms with van der Waals surface area (Å²) in [5.41, 5.74) is 7.48. The highest BCUT2D eigenvalue weighted by Gasteiger charge is 2.40. The number of pyridine rings is 1. The summed E-state index contributed by atoms with van der Waals surface area (Å²) in [6.07, 6.45) is 0.745. The fourth-order valence-electron chi connectivity index (χ4n) is 5.41. The molecule has 4 heterocycles. The first-order valence-corrected chi connectivity index (χ1v) is 14.2. The minimum atomic E-state index is -4.59. The lowest BCUT2D eigenvalue weighted by molar-refractivity contribution is -0.146. The van der Waals surface area contributed by atoms with E-state index in [1.165, 1.54) is 19.2 Å². The molecule has 2 atom stereocenters. The van der Waals surface area contributed by atoms with Crippen LogP contribution in [0.25, 0.3) is 22.9 Å². The number of halogens is 3. The molecule has 234 valence electrons. The minimum Gasteiger partial charge on any atom is -0.496 e. The maximum Gasteiger partial charge on any atom is 0.416 e. The Morgan fingerprint density at radius 1 is 1.20 bits per heavy atom. The van der Waals surface area contributed by atoms with E-state index in [1.54, 1.807) is 22.7 Å². The van der Waals surface area contributed by atoms with Gasteiger partial charge in [-0.25, -0.2) is 15.0 Å². The first-order valence-electron chi connectivity index (χ1n) is 14.2. The number of carbonyl (C=O) groups excluding carboxylic acids is 2. The largest absolute Gasteiger partial charge is 0.496 e. The molecule has 1 aliphatic heterocycles. The van der Waals surface area contributed by atoms with Crippen molar-refractivity contribution in [2.75, 3.05) is 31.3 Å². The van der Waals surface area contributed by atoms with Gasteiger partial charge in [-0.15, -0.1) is 0 Å². The Kier molecular flexibility index (Phi) is 7.69. The fourth-order valence-corrected chi connectivity index (χ4v) is 5.41. The van der Waals surface area contributed by atoms with Gasteiger partial charge in [0, 0.05) is 23.2 Å². The number of rotatable bonds is 7. The number of imidazole rings is 1. The number of morpholine rings is 1. The predicted octanol–water partition coefficient (Wildman–Crippen LogP) is 4.99. The normalized spacial score (nSPS) is 18.6. The molecule has 6 rings (SSSR count). The second-order valence-electron chi connectivity index (χ2n) is 11.0. The maximum atomic E-state index is 13.1. The summed E-state index contributed by atoms with van der Waals surface area (Å²) in [7, 11) is 1.41. The van der Waals surface area contributed by atoms with Gasteiger partial charge in [-0.3, -0.25) is 14.0 Å². The van der Waals surface area contributed by atoms with Crippen LogP contribution in [0.2, 0.25) is 0 Å². The lowest BCUT2D eigenvalue weighted by atomic mass is 10.1. The van der Waals surface area contributed by atoms with E-state index < -0.39 is 23.8 Å². The molecule has 2 fully saturated rings. The van der Waals surface area contributed by atoms with E-state index in [2.05, 4.69) is 21.9 Å². The van der Waals surface area contributed by atoms with Crippen LogP contribution in [0.5, 0.6) is 5.75 Å². The van der Waals surface area contributed by atoms with E-state index in [1.807, 2.05) is 11.8 Å². The Morgan fingerprint density at radius 2 is 1.98 bits per heavy atom. The van der Waals surface area contributed by atoms with Crippen molar-refractivity contribution in [3.63, 3.8) is 0 Å². The van der Waals surface area contributed by atoms with Crippen LogP contribution in [0.15, 0.2) is 49.3 Å². The Labute approximate surface area is 255 Å². The molecular weight excluding hydrogens is 591 g/mol. The molecule has 1 saturated heterocycles. The summed E-state index contributed by atoms with van der Waals surface area (Å²) in [6.45, 7) is 6.49. The second kappa shape index (κ2) is 11.5. The molecule has 3 N–H and O–H groups in total. The van der Waals surface area contributed by atoms with Crippen LogP contribution in [0.1, 0.15) is 53.3 Å². The number of nitrogens with one attached hydrogen (secondary N) is 1. The van der Waals surface area contributed by atoms with Crippen molar-refractivity contribution in [2.24, 2.45) is 5.92 Å². The van der Waals surface area contributed by atoms with E-state index in [0.29, 0.717) is 41.4 Å². The zero-order chi connectivity index (χ0) is 32.0. The average molecular weight is 622 g/mol. The molecule has 2 amide bonds. The number of methoxy groups -OCH3 is 1. The number of hydrogen-bond acceptors (Lipinski definition) is 8. The Bertz CT molecular complexity index is 1820. The number of fused-ring (bicyclic) bond motifs is 1. The smallest absolute Gasteiger partial charge is 0.416 e. The van der Waals surface area contributed by atoms with Gasteiger partial charge in [0.05, 0.1) is 43.8 Å². The quantitative estimate of drug-likeness (QED) is 0.295. The number of anilines is 2. The molecule has 0 spiro atoms. The van der Waals surface area contributed by atoms with Crippen molar-refractivity contribution in [1.82, 2.24) is 24.3 Å². The average Bonchev–Trinajstić information content (AvgIpc) is 3.80. The van der Waals surface area contributed by atoms with Gasteiger partial charge in [-0.05, 0) is 56.2 Å². The van der Waals surface area contributed by atoms with E-state index in [-0.39, 0.29) is 40.8 Å². The summed E-state index contributed by atoms with van der Waals surface area (Å²) in [5, 5.41) is 2.40. The highest BCUT2D eigenvalue weighted by molar-refractivity contribution is 6.04. The molecule has 0 bridgehead atoms. The highest BCUT2D eigenvalue weighted by Crippen LogP contribution is 2.40. The van der Waals surface area contributed by atoms with Crippen LogP contribution in [-0.4, -0.2) is 62.4 Å². The molecule has 45 heavy (non-hydrogen) atoms. The fraction of sp³-hybridized carbons (Fsp3) is 0.323. The van der Waals surface area contributed by atoms with Crippen LogP contribution >= 0.6 is 0 Å². The molecule has 4 aromatic rings. The zero-order valence-corrected chi connectivity index (χ0v) is 24.5. The number of ether oxygens (including phenoxy) is 2. The van der Waals surface area contributed by atoms with Gasteiger partial charge in [0.2, 0.25) is 5.91 Å². The number of amides is 2. The first kappa shape index (κ1) is 30.1. The van der Waals surface area contributed by atoms with Crippen molar-refractivity contribution in [3.8, 4) is 17.0 Å². The number of aromatic nitrogens is 4. The molecule has 1 saturated carbocycles. The number of nitrogens with zero attached hydrogens (tertiary/aromatic N) is 5. The van der Waals surface area contributed by atoms with Crippen LogP contribution in [0.4, 0.5) is 24.8 Å². The zero-order valence-electron chi connectivity index (χ0n) is 24.5. The third-order valence-electron chi connectivity index (χ3n) is 7.93. The van der Waals surface area contributed by atoms with Crippen LogP contribution < -0.4 is 15.8 Å². The molecule has 14 heteroatoms. The van der Waals surface area contributed by atoms with Gasteiger partial charge in [0.1, 0.15) is 40.5 Å². The summed E-state index contributed by atoms with van der Waals surface area (Å²) < 4.78 is 53.1. The molecule has 2 aliphatic rings. The summed E-state index contributed by atoms with van der Waals surface area (Å²) in [6, 6.07) is 6.02. The monoisotopic (exact) mass is 621 g/mol. The summed E-state index contributed by atoms with van der Waals surface area (Å²) in [5.74, 6) is 0.118. The Morgan fingerprint density at radius 3 is 2.67 bits per heavy atom. The number of benzene rings is 1. The van der Waals surface area contributed by atoms with Gasteiger partial charge in [0.25, 0.3) is 5.91 Å². The predicted molar refractivity (Wildman–Crippen MR) is 159 cm³/mol. The van der Waals surface area contributed by atoms with Gasteiger partial charge in [0.15, 0.2) is 0 Å². The Balaban J connectivity index is 1.38. The standard InChI is InChI=1S/C31H30F3N7O4/c1-4-20-13-37-27(35)26-25(39-28(41(20)26)23-14-40(16(2)15-45-23)30(43)17-5-6-17)21-8-7-18(11-22(21)44-3)29(42)38-24-12-19(9-10-36-24)31(32,33)34/h4,7-13,16-17,23H,1,5-6,14-15H2,2-3H3,(H2,35,37)(H,36,38,42)/t16-,23+/m0/s1. The van der Waals surface area contributed by atoms with E-state index in [0.717, 1.165) is 31.2 Å². The van der Waals surface area contributed by atoms with Gasteiger partial charge in [-0.2, -0.15) is 13.2 Å². The number of nitrogen functional groups attached to an aromatic ring is 1. The molecule has 0 radical (unpaired) electrons. The molecule has 3 aromatic heterocycles. The second-order valence-corrected chi connectivity index (χ2v) is 11.0. The molecular formula is C31H30F3N7O4. The van der Waals surface area contributed by atoms with E-state index in [9.17, 15) is 22.8 Å². The van der Waals surface area contributed by atoms with Crippen molar-refractivity contribution < 1.29 is 32.2 Å². The van der Waals surface area contributed by atoms with Crippen molar-refractivity contribution >= 4 is 35.0 Å². The molecule has 11 nitrogen and oxygen atoms in total. The van der Waals surface area contributed by atoms with Crippen molar-refractivity contribution in [1.29, 1.82) is 0 Å². The van der Waals surface area contributed by atoms with Crippen molar-refractivity contribution in [3.05, 3.63) is 71.9 Å². The summed E-state index contributed by atoms with van der Waals surface area (Å²) in [4.78, 5) is 41.0. The Hall–Kier alpha value is -4.98. The van der Waals surface area contributed by atoms with Crippen LogP contribution in [0.3, 0.4) is 0 Å². The maximum absolute atomic E-state index is 13.1. The van der Waals surface area contributed by atoms with Crippen LogP contribution in [0, 0.1) is 5.92 Å². The number of alkyl halides is 3. The van der Waals surface area contributed by atoms with Gasteiger partial charge in [-0.1, -0.05) is 6.58 Å². The molecule has 0 unspecified atom stereocenters. The van der Waals surface area contributed by atoms with Crippen LogP contribution in [-0.2, 0) is 15.7 Å². The van der Waals surface area contributed by atoms with Crippen molar-refractivity contribution in [2.45, 2.75) is 38.1 Å². The number of hydrogen-bond donors (Lipinski definition) is 2. The molecule has 1 aliphatic carbocycles. The highest BCUT2D eigenvalue weighted by atomic mass is 19.4. The SMILES string of the molecule is C=Cc1cnc(N)c2c(-c3ccc(C(=O)Nc4cc(C(F)(F)F)ccn4)cc3OC)nc([C@H]3CN(C(=O)C4CC4)[C@@H](C)CO3)n12. The minimum absolute atomic E-state index is 0.0479. The number of carbonyl (C=O) groups is 2. The first-order chi connectivity index (χ1) is 21.5. The van der Waals surface area contributed by atoms with Gasteiger partial charge < -0.3 is 25.4 Å².